The van der Waals surface area contributed by atoms with Gasteiger partial charge in [-0.05, 0) is 42.2 Å². The lowest BCUT2D eigenvalue weighted by Gasteiger charge is -2.23. The van der Waals surface area contributed by atoms with Crippen LogP contribution < -0.4 is 5.32 Å². The van der Waals surface area contributed by atoms with Crippen molar-refractivity contribution in [2.75, 3.05) is 11.9 Å². The first-order valence-electron chi connectivity index (χ1n) is 10.3. The molecule has 1 atom stereocenters. The largest absolute Gasteiger partial charge is 0.346 e. The summed E-state index contributed by atoms with van der Waals surface area (Å²) >= 11 is 0. The van der Waals surface area contributed by atoms with Crippen LogP contribution in [0.15, 0.2) is 66.9 Å². The Kier molecular flexibility index (Phi) is 5.06. The molecule has 1 aliphatic rings. The zero-order chi connectivity index (χ0) is 22.1. The normalized spacial score (nSPS) is 15.6. The van der Waals surface area contributed by atoms with E-state index in [-0.39, 0.29) is 12.1 Å². The molecule has 3 heterocycles. The van der Waals surface area contributed by atoms with Gasteiger partial charge >= 0.3 is 6.03 Å². The fourth-order valence-electron chi connectivity index (χ4n) is 3.86. The quantitative estimate of drug-likeness (QED) is 0.489. The topological polar surface area (TPSA) is 71.8 Å². The number of aromatic nitrogens is 3. The third-order valence-electron chi connectivity index (χ3n) is 5.57. The van der Waals surface area contributed by atoms with Crippen molar-refractivity contribution in [2.24, 2.45) is 0 Å². The molecule has 32 heavy (non-hydrogen) atoms. The first-order valence-corrected chi connectivity index (χ1v) is 10.3. The highest BCUT2D eigenvalue weighted by Gasteiger charge is 2.32. The van der Waals surface area contributed by atoms with Crippen molar-refractivity contribution in [3.63, 3.8) is 0 Å². The maximum Gasteiger partial charge on any atom is 0.346 e. The Labute approximate surface area is 185 Å². The summed E-state index contributed by atoms with van der Waals surface area (Å²) in [5.41, 5.74) is 5.52. The van der Waals surface area contributed by atoms with Gasteiger partial charge in [0.15, 0.2) is 5.65 Å². The van der Waals surface area contributed by atoms with Crippen LogP contribution in [0.4, 0.5) is 10.5 Å². The number of anilines is 1. The number of fused-ring (bicyclic) bond motifs is 1. The summed E-state index contributed by atoms with van der Waals surface area (Å²) in [6.45, 7) is 2.44. The smallest absolute Gasteiger partial charge is 0.306 e. The van der Waals surface area contributed by atoms with Crippen LogP contribution in [0.25, 0.3) is 16.9 Å². The minimum absolute atomic E-state index is 0.118. The van der Waals surface area contributed by atoms with Crippen LogP contribution in [0.5, 0.6) is 0 Å². The number of benzene rings is 2. The maximum atomic E-state index is 13.1. The molecule has 0 aliphatic carbocycles. The summed E-state index contributed by atoms with van der Waals surface area (Å²) in [4.78, 5) is 23.0. The molecule has 0 spiro atoms. The molecule has 1 saturated heterocycles. The molecule has 5 rings (SSSR count). The Morgan fingerprint density at radius 2 is 2.03 bits per heavy atom. The number of hydrogen-bond donors (Lipinski definition) is 1. The molecule has 7 heteroatoms. The number of terminal acetylenes is 1. The van der Waals surface area contributed by atoms with Gasteiger partial charge in [-0.2, -0.15) is 10.2 Å². The van der Waals surface area contributed by atoms with Crippen molar-refractivity contribution < 1.29 is 9.63 Å². The van der Waals surface area contributed by atoms with E-state index in [1.807, 2.05) is 67.6 Å². The van der Waals surface area contributed by atoms with Crippen molar-refractivity contribution in [3.8, 4) is 23.6 Å². The number of aryl methyl sites for hydroxylation is 1. The standard InChI is InChI=1S/C25H21N5O2/c1-3-20-16-26-24-12-11-21(28-29(20)24)19-10-9-17(2)22(15-19)27-25(31)30-23(13-14-32-30)18-7-5-4-6-8-18/h1,4-12,15-16,23H,13-14H2,2H3,(H,27,31)/t23-/m0/s1. The van der Waals surface area contributed by atoms with Crippen LogP contribution in [0.3, 0.4) is 0 Å². The molecule has 0 saturated carbocycles. The summed E-state index contributed by atoms with van der Waals surface area (Å²) in [7, 11) is 0. The zero-order valence-electron chi connectivity index (χ0n) is 17.5. The van der Waals surface area contributed by atoms with E-state index in [0.717, 1.165) is 28.8 Å². The summed E-state index contributed by atoms with van der Waals surface area (Å²) in [6.07, 6.45) is 7.92. The van der Waals surface area contributed by atoms with Crippen molar-refractivity contribution in [3.05, 3.63) is 83.7 Å². The van der Waals surface area contributed by atoms with Crippen LogP contribution in [0.2, 0.25) is 0 Å². The van der Waals surface area contributed by atoms with E-state index >= 15 is 0 Å². The molecule has 4 aromatic rings. The number of rotatable bonds is 3. The van der Waals surface area contributed by atoms with Crippen LogP contribution in [0, 0.1) is 19.3 Å². The maximum absolute atomic E-state index is 13.1. The number of carbonyl (C=O) groups excluding carboxylic acids is 1. The van der Waals surface area contributed by atoms with Gasteiger partial charge in [0.2, 0.25) is 0 Å². The average molecular weight is 423 g/mol. The van der Waals surface area contributed by atoms with Gasteiger partial charge in [-0.15, -0.1) is 6.42 Å². The monoisotopic (exact) mass is 423 g/mol. The van der Waals surface area contributed by atoms with Crippen molar-refractivity contribution in [1.29, 1.82) is 0 Å². The second-order valence-corrected chi connectivity index (χ2v) is 7.61. The fourth-order valence-corrected chi connectivity index (χ4v) is 3.86. The molecule has 1 fully saturated rings. The lowest BCUT2D eigenvalue weighted by atomic mass is 10.0. The van der Waals surface area contributed by atoms with Crippen LogP contribution in [-0.4, -0.2) is 32.3 Å². The lowest BCUT2D eigenvalue weighted by Crippen LogP contribution is -2.33. The number of carbonyl (C=O) groups is 1. The van der Waals surface area contributed by atoms with E-state index in [1.165, 1.54) is 5.06 Å². The summed E-state index contributed by atoms with van der Waals surface area (Å²) < 4.78 is 1.63. The highest BCUT2D eigenvalue weighted by molar-refractivity contribution is 5.90. The van der Waals surface area contributed by atoms with Gasteiger partial charge in [-0.1, -0.05) is 42.5 Å². The highest BCUT2D eigenvalue weighted by atomic mass is 16.7. The average Bonchev–Trinajstić information content (AvgIpc) is 3.48. The molecule has 1 N–H and O–H groups in total. The van der Waals surface area contributed by atoms with Gasteiger partial charge in [0.05, 0.1) is 24.5 Å². The molecule has 1 aliphatic heterocycles. The minimum atomic E-state index is -0.302. The highest BCUT2D eigenvalue weighted by Crippen LogP contribution is 2.31. The first kappa shape index (κ1) is 19.8. The van der Waals surface area contributed by atoms with Gasteiger partial charge in [0, 0.05) is 17.7 Å². The van der Waals surface area contributed by atoms with Gasteiger partial charge in [-0.3, -0.25) is 4.84 Å². The van der Waals surface area contributed by atoms with E-state index in [9.17, 15) is 4.79 Å². The minimum Gasteiger partial charge on any atom is -0.306 e. The van der Waals surface area contributed by atoms with Gasteiger partial charge in [0.1, 0.15) is 5.69 Å². The zero-order valence-corrected chi connectivity index (χ0v) is 17.5. The summed E-state index contributed by atoms with van der Waals surface area (Å²) in [5.74, 6) is 2.59. The van der Waals surface area contributed by atoms with Crippen LogP contribution in [0.1, 0.15) is 29.3 Å². The third kappa shape index (κ3) is 3.57. The fraction of sp³-hybridized carbons (Fsp3) is 0.160. The summed E-state index contributed by atoms with van der Waals surface area (Å²) in [6, 6.07) is 19.1. The first-order chi connectivity index (χ1) is 15.6. The molecule has 158 valence electrons. The summed E-state index contributed by atoms with van der Waals surface area (Å²) in [5, 5.41) is 9.05. The second kappa shape index (κ2) is 8.17. The van der Waals surface area contributed by atoms with Crippen molar-refractivity contribution in [2.45, 2.75) is 19.4 Å². The molecule has 2 aromatic carbocycles. The van der Waals surface area contributed by atoms with Crippen molar-refractivity contribution >= 4 is 17.4 Å². The second-order valence-electron chi connectivity index (χ2n) is 7.61. The Morgan fingerprint density at radius 1 is 1.19 bits per heavy atom. The van der Waals surface area contributed by atoms with E-state index in [2.05, 4.69) is 21.3 Å². The van der Waals surface area contributed by atoms with Crippen molar-refractivity contribution in [1.82, 2.24) is 19.7 Å². The van der Waals surface area contributed by atoms with Crippen LogP contribution in [-0.2, 0) is 4.84 Å². The number of amides is 2. The van der Waals surface area contributed by atoms with Gasteiger partial charge < -0.3 is 5.32 Å². The Bertz CT molecular complexity index is 1340. The van der Waals surface area contributed by atoms with E-state index in [4.69, 9.17) is 11.3 Å². The predicted octanol–water partition coefficient (Wildman–Crippen LogP) is 4.60. The number of nitrogens with one attached hydrogen (secondary N) is 1. The Hall–Kier alpha value is -4.15. The Balaban J connectivity index is 1.42. The molecule has 0 unspecified atom stereocenters. The SMILES string of the molecule is C#Cc1cnc2ccc(-c3ccc(C)c(NC(=O)N4OCC[C@H]4c4ccccc4)c3)nn12. The number of nitrogens with zero attached hydrogens (tertiary/aromatic N) is 4. The van der Waals surface area contributed by atoms with Crippen LogP contribution >= 0.6 is 0 Å². The number of imidazole rings is 1. The number of hydrogen-bond acceptors (Lipinski definition) is 4. The molecule has 2 amide bonds. The van der Waals surface area contributed by atoms with Gasteiger partial charge in [0.25, 0.3) is 0 Å². The van der Waals surface area contributed by atoms with Gasteiger partial charge in [-0.25, -0.2) is 14.3 Å². The third-order valence-corrected chi connectivity index (χ3v) is 5.57. The number of urea groups is 1. The number of hydroxylamine groups is 2. The van der Waals surface area contributed by atoms with E-state index in [1.54, 1.807) is 10.7 Å². The molecule has 0 radical (unpaired) electrons. The molecule has 2 aromatic heterocycles. The predicted molar refractivity (Wildman–Crippen MR) is 122 cm³/mol. The molecular formula is C25H21N5O2. The van der Waals surface area contributed by atoms with E-state index in [0.29, 0.717) is 23.6 Å². The molecular weight excluding hydrogens is 402 g/mol. The molecule has 7 nitrogen and oxygen atoms in total. The Morgan fingerprint density at radius 3 is 2.84 bits per heavy atom. The van der Waals surface area contributed by atoms with E-state index < -0.39 is 0 Å². The lowest BCUT2D eigenvalue weighted by molar-refractivity contribution is -0.0829. The molecule has 0 bridgehead atoms.